The third kappa shape index (κ3) is 3.98. The minimum atomic E-state index is -3.64. The Bertz CT molecular complexity index is 966. The second kappa shape index (κ2) is 7.61. The third-order valence-electron chi connectivity index (χ3n) is 4.23. The summed E-state index contributed by atoms with van der Waals surface area (Å²) in [6, 6.07) is 10.8. The number of amides is 1. The second-order valence-corrected chi connectivity index (χ2v) is 8.28. The predicted octanol–water partition coefficient (Wildman–Crippen LogP) is 1.03. The summed E-state index contributed by atoms with van der Waals surface area (Å²) in [7, 11) is -3.64. The molecule has 1 aliphatic heterocycles. The van der Waals surface area contributed by atoms with E-state index in [1.807, 2.05) is 0 Å². The Balaban J connectivity index is 1.64. The van der Waals surface area contributed by atoms with Crippen molar-refractivity contribution in [2.75, 3.05) is 26.2 Å². The fourth-order valence-corrected chi connectivity index (χ4v) is 4.51. The van der Waals surface area contributed by atoms with Crippen LogP contribution in [0.4, 0.5) is 0 Å². The van der Waals surface area contributed by atoms with E-state index in [1.165, 1.54) is 27.1 Å². The van der Waals surface area contributed by atoms with Crippen molar-refractivity contribution in [1.29, 1.82) is 0 Å². The van der Waals surface area contributed by atoms with Crippen LogP contribution in [0.15, 0.2) is 58.4 Å². The average molecular weight is 396 g/mol. The summed E-state index contributed by atoms with van der Waals surface area (Å²) in [6.45, 7) is 0.899. The van der Waals surface area contributed by atoms with Crippen molar-refractivity contribution in [3.8, 4) is 0 Å². The summed E-state index contributed by atoms with van der Waals surface area (Å²) in [6.07, 6.45) is 1.56. The molecule has 0 unspecified atom stereocenters. The highest BCUT2D eigenvalue weighted by Crippen LogP contribution is 2.20. The third-order valence-corrected chi connectivity index (χ3v) is 6.36. The molecule has 1 saturated heterocycles. The van der Waals surface area contributed by atoms with Gasteiger partial charge in [0.15, 0.2) is 0 Å². The van der Waals surface area contributed by atoms with Crippen LogP contribution in [-0.2, 0) is 21.4 Å². The van der Waals surface area contributed by atoms with E-state index in [2.05, 4.69) is 0 Å². The SMILES string of the molecule is O=C(Cn1ccccc1=O)N1CCN(S(=O)(=O)c2cccc(Cl)c2)CC1. The number of pyridine rings is 1. The lowest BCUT2D eigenvalue weighted by Gasteiger charge is -2.34. The Morgan fingerprint density at radius 3 is 2.42 bits per heavy atom. The standard InChI is InChI=1S/C17H18ClN3O4S/c18-14-4-3-5-15(12-14)26(24,25)21-10-8-19(9-11-21)17(23)13-20-7-2-1-6-16(20)22/h1-7,12H,8-11,13H2. The number of carbonyl (C=O) groups excluding carboxylic acids is 1. The van der Waals surface area contributed by atoms with Gasteiger partial charge in [-0.15, -0.1) is 0 Å². The van der Waals surface area contributed by atoms with E-state index in [9.17, 15) is 18.0 Å². The summed E-state index contributed by atoms with van der Waals surface area (Å²) in [4.78, 5) is 25.8. The number of carbonyl (C=O) groups is 1. The minimum absolute atomic E-state index is 0.0548. The van der Waals surface area contributed by atoms with Gasteiger partial charge < -0.3 is 9.47 Å². The van der Waals surface area contributed by atoms with Crippen LogP contribution in [0.25, 0.3) is 0 Å². The van der Waals surface area contributed by atoms with Crippen molar-refractivity contribution in [1.82, 2.24) is 13.8 Å². The van der Waals surface area contributed by atoms with Crippen LogP contribution in [0.2, 0.25) is 5.02 Å². The molecule has 3 rings (SSSR count). The van der Waals surface area contributed by atoms with Gasteiger partial charge in [-0.25, -0.2) is 8.42 Å². The summed E-state index contributed by atoms with van der Waals surface area (Å²) in [5, 5.41) is 0.355. The van der Waals surface area contributed by atoms with Crippen LogP contribution >= 0.6 is 11.6 Å². The van der Waals surface area contributed by atoms with Crippen LogP contribution in [-0.4, -0.2) is 54.3 Å². The average Bonchev–Trinajstić information content (AvgIpc) is 2.63. The molecule has 0 N–H and O–H groups in total. The zero-order chi connectivity index (χ0) is 18.7. The molecule has 2 heterocycles. The lowest BCUT2D eigenvalue weighted by Crippen LogP contribution is -2.51. The highest BCUT2D eigenvalue weighted by molar-refractivity contribution is 7.89. The molecule has 1 aromatic carbocycles. The molecule has 0 saturated carbocycles. The van der Waals surface area contributed by atoms with E-state index in [1.54, 1.807) is 35.4 Å². The Morgan fingerprint density at radius 1 is 1.04 bits per heavy atom. The van der Waals surface area contributed by atoms with E-state index in [0.717, 1.165) is 0 Å². The van der Waals surface area contributed by atoms with Crippen molar-refractivity contribution in [2.45, 2.75) is 11.4 Å². The lowest BCUT2D eigenvalue weighted by molar-refractivity contribution is -0.133. The van der Waals surface area contributed by atoms with Gasteiger partial charge in [-0.2, -0.15) is 4.31 Å². The largest absolute Gasteiger partial charge is 0.339 e. The van der Waals surface area contributed by atoms with Gasteiger partial charge >= 0.3 is 0 Å². The van der Waals surface area contributed by atoms with Gasteiger partial charge in [-0.1, -0.05) is 23.7 Å². The second-order valence-electron chi connectivity index (χ2n) is 5.91. The number of halogens is 1. The lowest BCUT2D eigenvalue weighted by atomic mass is 10.3. The van der Waals surface area contributed by atoms with E-state index in [-0.39, 0.29) is 49.1 Å². The number of benzene rings is 1. The number of aromatic nitrogens is 1. The first-order valence-electron chi connectivity index (χ1n) is 8.07. The molecular weight excluding hydrogens is 378 g/mol. The van der Waals surface area contributed by atoms with Crippen LogP contribution in [0.1, 0.15) is 0 Å². The molecule has 0 spiro atoms. The normalized spacial score (nSPS) is 15.8. The number of rotatable bonds is 4. The molecule has 138 valence electrons. The Kier molecular flexibility index (Phi) is 5.45. The molecule has 26 heavy (non-hydrogen) atoms. The number of nitrogens with zero attached hydrogens (tertiary/aromatic N) is 3. The molecule has 1 amide bonds. The van der Waals surface area contributed by atoms with Gasteiger partial charge in [0, 0.05) is 43.5 Å². The Morgan fingerprint density at radius 2 is 1.77 bits per heavy atom. The zero-order valence-electron chi connectivity index (χ0n) is 13.9. The van der Waals surface area contributed by atoms with E-state index in [4.69, 9.17) is 11.6 Å². The molecule has 0 aliphatic carbocycles. The fourth-order valence-electron chi connectivity index (χ4n) is 2.79. The quantitative estimate of drug-likeness (QED) is 0.774. The first-order valence-corrected chi connectivity index (χ1v) is 9.89. The van der Waals surface area contributed by atoms with E-state index < -0.39 is 10.0 Å². The number of sulfonamides is 1. The maximum absolute atomic E-state index is 12.7. The molecule has 0 atom stereocenters. The number of hydrogen-bond acceptors (Lipinski definition) is 4. The van der Waals surface area contributed by atoms with Gasteiger partial charge in [0.2, 0.25) is 15.9 Å². The van der Waals surface area contributed by atoms with Crippen LogP contribution in [0.3, 0.4) is 0 Å². The first kappa shape index (κ1) is 18.6. The van der Waals surface area contributed by atoms with Crippen molar-refractivity contribution in [3.05, 3.63) is 64.0 Å². The Labute approximate surface area is 156 Å². The fraction of sp³-hybridized carbons (Fsp3) is 0.294. The monoisotopic (exact) mass is 395 g/mol. The highest BCUT2D eigenvalue weighted by Gasteiger charge is 2.30. The smallest absolute Gasteiger partial charge is 0.250 e. The highest BCUT2D eigenvalue weighted by atomic mass is 35.5. The maximum atomic E-state index is 12.7. The van der Waals surface area contributed by atoms with Crippen LogP contribution in [0.5, 0.6) is 0 Å². The first-order chi connectivity index (χ1) is 12.4. The van der Waals surface area contributed by atoms with E-state index in [0.29, 0.717) is 5.02 Å². The summed E-state index contributed by atoms with van der Waals surface area (Å²) in [5.41, 5.74) is -0.247. The van der Waals surface area contributed by atoms with Gasteiger partial charge in [-0.05, 0) is 24.3 Å². The minimum Gasteiger partial charge on any atom is -0.339 e. The molecule has 1 aromatic heterocycles. The maximum Gasteiger partial charge on any atom is 0.250 e. The molecule has 2 aromatic rings. The number of piperazine rings is 1. The van der Waals surface area contributed by atoms with Crippen molar-refractivity contribution in [3.63, 3.8) is 0 Å². The van der Waals surface area contributed by atoms with E-state index >= 15 is 0 Å². The Hall–Kier alpha value is -2.16. The molecule has 1 aliphatic rings. The van der Waals surface area contributed by atoms with Crippen LogP contribution < -0.4 is 5.56 Å². The summed E-state index contributed by atoms with van der Waals surface area (Å²) >= 11 is 5.88. The predicted molar refractivity (Wildman–Crippen MR) is 97.5 cm³/mol. The summed E-state index contributed by atoms with van der Waals surface area (Å²) in [5.74, 6) is -0.210. The van der Waals surface area contributed by atoms with Gasteiger partial charge in [0.05, 0.1) is 4.90 Å². The van der Waals surface area contributed by atoms with Gasteiger partial charge in [0.25, 0.3) is 5.56 Å². The van der Waals surface area contributed by atoms with Crippen molar-refractivity contribution >= 4 is 27.5 Å². The van der Waals surface area contributed by atoms with Gasteiger partial charge in [-0.3, -0.25) is 9.59 Å². The summed E-state index contributed by atoms with van der Waals surface area (Å²) < 4.78 is 28.0. The van der Waals surface area contributed by atoms with Crippen molar-refractivity contribution < 1.29 is 13.2 Å². The molecule has 1 fully saturated rings. The zero-order valence-corrected chi connectivity index (χ0v) is 15.5. The molecule has 0 radical (unpaired) electrons. The molecular formula is C17H18ClN3O4S. The van der Waals surface area contributed by atoms with Crippen LogP contribution in [0, 0.1) is 0 Å². The number of hydrogen-bond donors (Lipinski definition) is 0. The van der Waals surface area contributed by atoms with Gasteiger partial charge in [0.1, 0.15) is 6.54 Å². The topological polar surface area (TPSA) is 79.7 Å². The molecule has 0 bridgehead atoms. The molecule has 7 nitrogen and oxygen atoms in total. The molecule has 9 heteroatoms. The van der Waals surface area contributed by atoms with Crippen molar-refractivity contribution in [2.24, 2.45) is 0 Å².